The lowest BCUT2D eigenvalue weighted by Gasteiger charge is -2.20. The molecule has 0 radical (unpaired) electrons. The van der Waals surface area contributed by atoms with E-state index >= 15 is 0 Å². The molecule has 1 aromatic carbocycles. The lowest BCUT2D eigenvalue weighted by molar-refractivity contribution is -0.122. The molecule has 34 heavy (non-hydrogen) atoms. The van der Waals surface area contributed by atoms with Crippen molar-refractivity contribution in [2.24, 2.45) is 5.73 Å². The van der Waals surface area contributed by atoms with Crippen LogP contribution in [0.25, 0.3) is 11.1 Å². The number of aromatic nitrogens is 1. The minimum absolute atomic E-state index is 0.0235. The zero-order valence-electron chi connectivity index (χ0n) is 18.5. The van der Waals surface area contributed by atoms with Crippen molar-refractivity contribution in [2.45, 2.75) is 18.9 Å². The molecule has 0 fully saturated rings. The van der Waals surface area contributed by atoms with Gasteiger partial charge in [-0.2, -0.15) is 5.26 Å². The highest BCUT2D eigenvalue weighted by molar-refractivity contribution is 7.14. The second kappa shape index (κ2) is 11.1. The van der Waals surface area contributed by atoms with E-state index in [1.807, 2.05) is 0 Å². The second-order valence-electron chi connectivity index (χ2n) is 7.37. The third kappa shape index (κ3) is 5.54. The van der Waals surface area contributed by atoms with Gasteiger partial charge in [0.1, 0.15) is 5.75 Å². The van der Waals surface area contributed by atoms with Gasteiger partial charge in [0.25, 0.3) is 11.5 Å². The van der Waals surface area contributed by atoms with Gasteiger partial charge in [0.05, 0.1) is 35.9 Å². The van der Waals surface area contributed by atoms with Gasteiger partial charge >= 0.3 is 0 Å². The number of rotatable bonds is 10. The molecule has 0 spiro atoms. The average Bonchev–Trinajstić information content (AvgIpc) is 3.28. The third-order valence-corrected chi connectivity index (χ3v) is 6.55. The molecule has 10 heteroatoms. The van der Waals surface area contributed by atoms with Gasteiger partial charge in [0.15, 0.2) is 5.78 Å². The third-order valence-electron chi connectivity index (χ3n) is 5.21. The monoisotopic (exact) mass is 499 g/mol. The van der Waals surface area contributed by atoms with Crippen LogP contribution in [0.5, 0.6) is 5.75 Å². The Hall–Kier alpha value is -3.45. The number of halogens is 1. The summed E-state index contributed by atoms with van der Waals surface area (Å²) < 4.78 is 12.0. The molecule has 0 aliphatic rings. The van der Waals surface area contributed by atoms with E-state index < -0.39 is 17.5 Å². The summed E-state index contributed by atoms with van der Waals surface area (Å²) in [4.78, 5) is 38.8. The van der Waals surface area contributed by atoms with Gasteiger partial charge in [-0.25, -0.2) is 0 Å². The van der Waals surface area contributed by atoms with Crippen molar-refractivity contribution < 1.29 is 19.1 Å². The summed E-state index contributed by atoms with van der Waals surface area (Å²) >= 11 is 7.26. The van der Waals surface area contributed by atoms with Crippen molar-refractivity contribution in [2.75, 3.05) is 20.8 Å². The molecule has 176 valence electrons. The number of Topliss-reactive ketones (excluding diaryl/α,β-unsaturated/α-hetero) is 1. The van der Waals surface area contributed by atoms with E-state index in [2.05, 4.69) is 6.07 Å². The summed E-state index contributed by atoms with van der Waals surface area (Å²) in [5.41, 5.74) is 6.03. The van der Waals surface area contributed by atoms with Crippen molar-refractivity contribution in [1.29, 1.82) is 5.26 Å². The van der Waals surface area contributed by atoms with Crippen molar-refractivity contribution in [3.05, 3.63) is 73.3 Å². The topological polar surface area (TPSA) is 124 Å². The molecule has 1 atom stereocenters. The fourth-order valence-electron chi connectivity index (χ4n) is 3.56. The predicted molar refractivity (Wildman–Crippen MR) is 129 cm³/mol. The van der Waals surface area contributed by atoms with Gasteiger partial charge < -0.3 is 19.8 Å². The van der Waals surface area contributed by atoms with Crippen LogP contribution in [0, 0.1) is 11.3 Å². The van der Waals surface area contributed by atoms with Gasteiger partial charge in [0.2, 0.25) is 0 Å². The highest BCUT2D eigenvalue weighted by Gasteiger charge is 2.24. The molecule has 1 amide bonds. The number of nitriles is 1. The highest BCUT2D eigenvalue weighted by Crippen LogP contribution is 2.33. The van der Waals surface area contributed by atoms with Crippen molar-refractivity contribution in [3.8, 4) is 22.9 Å². The maximum Gasteiger partial charge on any atom is 0.258 e. The SMILES string of the molecule is COCCC(C(=O)Cc1ccc(C(N)=O)s1)n1cc(OC)c(-c2cc(Cl)ccc2C#N)cc1=O. The van der Waals surface area contributed by atoms with Gasteiger partial charge in [-0.1, -0.05) is 11.6 Å². The molecule has 0 bridgehead atoms. The van der Waals surface area contributed by atoms with Crippen molar-refractivity contribution in [1.82, 2.24) is 4.57 Å². The van der Waals surface area contributed by atoms with E-state index in [0.29, 0.717) is 37.2 Å². The average molecular weight is 500 g/mol. The number of thiophene rings is 1. The number of primary amides is 1. The zero-order chi connectivity index (χ0) is 24.8. The molecule has 2 heterocycles. The largest absolute Gasteiger partial charge is 0.495 e. The lowest BCUT2D eigenvalue weighted by Crippen LogP contribution is -2.31. The Kier molecular flexibility index (Phi) is 8.23. The van der Waals surface area contributed by atoms with Crippen LogP contribution in [0.2, 0.25) is 5.02 Å². The Labute approximate surface area is 205 Å². The summed E-state index contributed by atoms with van der Waals surface area (Å²) in [6.45, 7) is 0.247. The number of amides is 1. The molecule has 3 rings (SSSR count). The predicted octanol–water partition coefficient (Wildman–Crippen LogP) is 3.60. The van der Waals surface area contributed by atoms with Gasteiger partial charge in [-0.05, 0) is 36.8 Å². The highest BCUT2D eigenvalue weighted by atomic mass is 35.5. The number of ketones is 1. The smallest absolute Gasteiger partial charge is 0.258 e. The number of hydrogen-bond donors (Lipinski definition) is 1. The number of pyridine rings is 1. The maximum atomic E-state index is 13.2. The Morgan fingerprint density at radius 2 is 1.97 bits per heavy atom. The first kappa shape index (κ1) is 25.2. The number of methoxy groups -OCH3 is 2. The van der Waals surface area contributed by atoms with E-state index in [0.717, 1.165) is 11.3 Å². The van der Waals surface area contributed by atoms with E-state index in [9.17, 15) is 19.6 Å². The molecular formula is C24H22ClN3O5S. The summed E-state index contributed by atoms with van der Waals surface area (Å²) in [7, 11) is 2.95. The van der Waals surface area contributed by atoms with Crippen LogP contribution in [-0.4, -0.2) is 37.1 Å². The summed E-state index contributed by atoms with van der Waals surface area (Å²) in [6, 6.07) is 10.6. The fourth-order valence-corrected chi connectivity index (χ4v) is 4.60. The molecule has 8 nitrogen and oxygen atoms in total. The van der Waals surface area contributed by atoms with Crippen LogP contribution in [0.15, 0.2) is 47.4 Å². The van der Waals surface area contributed by atoms with Gasteiger partial charge in [-0.3, -0.25) is 14.4 Å². The first-order valence-electron chi connectivity index (χ1n) is 10.2. The molecule has 0 saturated carbocycles. The molecule has 0 aliphatic carbocycles. The first-order chi connectivity index (χ1) is 16.3. The molecular weight excluding hydrogens is 478 g/mol. The van der Waals surface area contributed by atoms with Crippen LogP contribution in [0.3, 0.4) is 0 Å². The maximum absolute atomic E-state index is 13.2. The Balaban J connectivity index is 2.04. The van der Waals surface area contributed by atoms with E-state index in [1.165, 1.54) is 31.0 Å². The quantitative estimate of drug-likeness (QED) is 0.454. The van der Waals surface area contributed by atoms with E-state index in [-0.39, 0.29) is 25.2 Å². The second-order valence-corrected chi connectivity index (χ2v) is 8.98. The van der Waals surface area contributed by atoms with E-state index in [4.69, 9.17) is 26.8 Å². The zero-order valence-corrected chi connectivity index (χ0v) is 20.1. The normalized spacial score (nSPS) is 11.6. The number of hydrogen-bond acceptors (Lipinski definition) is 7. The van der Waals surface area contributed by atoms with E-state index in [1.54, 1.807) is 30.3 Å². The van der Waals surface area contributed by atoms with Crippen molar-refractivity contribution in [3.63, 3.8) is 0 Å². The summed E-state index contributed by atoms with van der Waals surface area (Å²) in [5, 5.41) is 9.89. The summed E-state index contributed by atoms with van der Waals surface area (Å²) in [6.07, 6.45) is 1.74. The fraction of sp³-hybridized carbons (Fsp3) is 0.250. The number of ether oxygens (including phenoxy) is 2. The lowest BCUT2D eigenvalue weighted by atomic mass is 9.99. The number of nitrogens with zero attached hydrogens (tertiary/aromatic N) is 2. The minimum atomic E-state index is -0.829. The van der Waals surface area contributed by atoms with Gasteiger partial charge in [-0.15, -0.1) is 11.3 Å². The van der Waals surface area contributed by atoms with Crippen LogP contribution in [0.1, 0.15) is 32.6 Å². The molecule has 3 aromatic rings. The first-order valence-corrected chi connectivity index (χ1v) is 11.4. The molecule has 0 aliphatic heterocycles. The van der Waals surface area contributed by atoms with Crippen LogP contribution >= 0.6 is 22.9 Å². The Morgan fingerprint density at radius 3 is 2.59 bits per heavy atom. The van der Waals surface area contributed by atoms with Crippen LogP contribution in [0.4, 0.5) is 0 Å². The molecule has 1 unspecified atom stereocenters. The number of carbonyl (C=O) groups is 2. The van der Waals surface area contributed by atoms with Gasteiger partial charge in [0, 0.05) is 47.2 Å². The van der Waals surface area contributed by atoms with Crippen LogP contribution in [-0.2, 0) is 16.0 Å². The minimum Gasteiger partial charge on any atom is -0.495 e. The molecule has 2 aromatic heterocycles. The molecule has 0 saturated heterocycles. The molecule has 2 N–H and O–H groups in total. The Morgan fingerprint density at radius 1 is 1.21 bits per heavy atom. The number of carbonyl (C=O) groups excluding carboxylic acids is 2. The summed E-state index contributed by atoms with van der Waals surface area (Å²) in [5.74, 6) is -0.484. The standard InChI is InChI=1S/C24H22ClN3O5S/c1-32-8-7-19(20(29)10-16-5-6-22(34-16)24(27)31)28-13-21(33-2)18(11-23(28)30)17-9-15(25)4-3-14(17)12-26/h3-6,9,11,13,19H,7-8,10H2,1-2H3,(H2,27,31). The number of nitrogens with two attached hydrogens (primary N) is 1. The number of benzene rings is 1. The Bertz CT molecular complexity index is 1320. The van der Waals surface area contributed by atoms with Crippen LogP contribution < -0.4 is 16.0 Å². The van der Waals surface area contributed by atoms with Crippen molar-refractivity contribution >= 4 is 34.6 Å².